The second kappa shape index (κ2) is 7.06. The van der Waals surface area contributed by atoms with E-state index < -0.39 is 15.1 Å². The summed E-state index contributed by atoms with van der Waals surface area (Å²) in [4.78, 5) is 11.7. The predicted octanol–water partition coefficient (Wildman–Crippen LogP) is 2.10. The van der Waals surface area contributed by atoms with Crippen LogP contribution in [-0.2, 0) is 14.6 Å². The molecule has 5 nitrogen and oxygen atoms in total. The summed E-state index contributed by atoms with van der Waals surface area (Å²) in [6.07, 6.45) is 0.467. The lowest BCUT2D eigenvalue weighted by Crippen LogP contribution is -2.19. The van der Waals surface area contributed by atoms with Crippen LogP contribution in [0.2, 0.25) is 0 Å². The van der Waals surface area contributed by atoms with E-state index in [2.05, 4.69) is 5.32 Å². The number of hydrogen-bond donors (Lipinski definition) is 1. The van der Waals surface area contributed by atoms with E-state index in [0.29, 0.717) is 17.7 Å². The van der Waals surface area contributed by atoms with E-state index in [1.807, 2.05) is 6.07 Å². The van der Waals surface area contributed by atoms with Crippen LogP contribution < -0.4 is 5.32 Å². The Morgan fingerprint density at radius 3 is 2.40 bits per heavy atom. The van der Waals surface area contributed by atoms with Gasteiger partial charge in [0.25, 0.3) is 0 Å². The molecular weight excluding hydrogens is 276 g/mol. The van der Waals surface area contributed by atoms with Gasteiger partial charge in [-0.3, -0.25) is 4.79 Å². The number of nitrogens with zero attached hydrogens (tertiary/aromatic N) is 1. The summed E-state index contributed by atoms with van der Waals surface area (Å²) in [5, 5.41) is 10.9. The van der Waals surface area contributed by atoms with Crippen LogP contribution in [0.25, 0.3) is 0 Å². The van der Waals surface area contributed by atoms with Crippen molar-refractivity contribution in [3.8, 4) is 6.07 Å². The minimum atomic E-state index is -3.09. The van der Waals surface area contributed by atoms with Crippen molar-refractivity contribution in [1.29, 1.82) is 5.26 Å². The molecule has 0 radical (unpaired) electrons. The molecule has 0 fully saturated rings. The molecule has 0 spiro atoms. The summed E-state index contributed by atoms with van der Waals surface area (Å²) < 4.78 is 23.2. The molecule has 0 heterocycles. The Morgan fingerprint density at radius 1 is 1.30 bits per heavy atom. The van der Waals surface area contributed by atoms with Crippen LogP contribution in [0.5, 0.6) is 0 Å². The standard InChI is InChI=1S/C14H18N2O3S/c1-11(2)20(18,19)9-3-4-14(17)16-13-7-5-12(10-15)6-8-13/h5-8,11H,3-4,9H2,1-2H3,(H,16,17). The third-order valence-electron chi connectivity index (χ3n) is 2.85. The number of hydrogen-bond acceptors (Lipinski definition) is 4. The van der Waals surface area contributed by atoms with Crippen molar-refractivity contribution in [3.63, 3.8) is 0 Å². The van der Waals surface area contributed by atoms with E-state index >= 15 is 0 Å². The molecule has 0 aliphatic rings. The number of benzene rings is 1. The average molecular weight is 294 g/mol. The SMILES string of the molecule is CC(C)S(=O)(=O)CCCC(=O)Nc1ccc(C#N)cc1. The predicted molar refractivity (Wildman–Crippen MR) is 77.9 cm³/mol. The van der Waals surface area contributed by atoms with Gasteiger partial charge < -0.3 is 5.32 Å². The van der Waals surface area contributed by atoms with E-state index in [1.165, 1.54) is 0 Å². The third kappa shape index (κ3) is 5.02. The van der Waals surface area contributed by atoms with Gasteiger partial charge in [-0.25, -0.2) is 8.42 Å². The largest absolute Gasteiger partial charge is 0.326 e. The van der Waals surface area contributed by atoms with E-state index in [-0.39, 0.29) is 18.1 Å². The topological polar surface area (TPSA) is 87.0 Å². The van der Waals surface area contributed by atoms with Gasteiger partial charge in [0.2, 0.25) is 5.91 Å². The first kappa shape index (κ1) is 16.2. The maximum absolute atomic E-state index is 11.7. The smallest absolute Gasteiger partial charge is 0.224 e. The number of nitriles is 1. The fraction of sp³-hybridized carbons (Fsp3) is 0.429. The molecule has 108 valence electrons. The van der Waals surface area contributed by atoms with E-state index in [9.17, 15) is 13.2 Å². The van der Waals surface area contributed by atoms with Crippen molar-refractivity contribution in [2.45, 2.75) is 31.9 Å². The Hall–Kier alpha value is -1.87. The van der Waals surface area contributed by atoms with Crippen molar-refractivity contribution in [2.75, 3.05) is 11.1 Å². The molecule has 1 aromatic carbocycles. The van der Waals surface area contributed by atoms with Crippen LogP contribution in [0.1, 0.15) is 32.3 Å². The van der Waals surface area contributed by atoms with Crippen LogP contribution in [-0.4, -0.2) is 25.3 Å². The zero-order valence-corrected chi connectivity index (χ0v) is 12.4. The second-order valence-corrected chi connectivity index (χ2v) is 7.43. The average Bonchev–Trinajstić information content (AvgIpc) is 2.39. The molecule has 1 rings (SSSR count). The van der Waals surface area contributed by atoms with Crippen LogP contribution in [0.3, 0.4) is 0 Å². The van der Waals surface area contributed by atoms with Gasteiger partial charge in [0.1, 0.15) is 0 Å². The highest BCUT2D eigenvalue weighted by atomic mass is 32.2. The van der Waals surface area contributed by atoms with E-state index in [1.54, 1.807) is 38.1 Å². The number of rotatable bonds is 6. The Kier molecular flexibility index (Phi) is 5.71. The van der Waals surface area contributed by atoms with Crippen molar-refractivity contribution in [2.24, 2.45) is 0 Å². The Balaban J connectivity index is 2.43. The van der Waals surface area contributed by atoms with Gasteiger partial charge in [0.15, 0.2) is 9.84 Å². The van der Waals surface area contributed by atoms with Crippen molar-refractivity contribution in [3.05, 3.63) is 29.8 Å². The van der Waals surface area contributed by atoms with Crippen LogP contribution >= 0.6 is 0 Å². The van der Waals surface area contributed by atoms with Crippen LogP contribution in [0.15, 0.2) is 24.3 Å². The Bertz CT molecular complexity index is 598. The Labute approximate surface area is 119 Å². The molecule has 1 amide bonds. The lowest BCUT2D eigenvalue weighted by atomic mass is 10.2. The molecule has 0 aliphatic carbocycles. The molecule has 0 saturated carbocycles. The first-order valence-electron chi connectivity index (χ1n) is 6.37. The first-order chi connectivity index (χ1) is 9.35. The fourth-order valence-electron chi connectivity index (χ4n) is 1.52. The minimum Gasteiger partial charge on any atom is -0.326 e. The highest BCUT2D eigenvalue weighted by Gasteiger charge is 2.16. The number of sulfone groups is 1. The first-order valence-corrected chi connectivity index (χ1v) is 8.08. The molecule has 0 aromatic heterocycles. The zero-order valence-electron chi connectivity index (χ0n) is 11.6. The summed E-state index contributed by atoms with van der Waals surface area (Å²) in [7, 11) is -3.09. The van der Waals surface area contributed by atoms with Gasteiger partial charge in [0.05, 0.1) is 22.6 Å². The number of nitrogens with one attached hydrogen (secondary N) is 1. The summed E-state index contributed by atoms with van der Waals surface area (Å²) >= 11 is 0. The Morgan fingerprint density at radius 2 is 1.90 bits per heavy atom. The number of anilines is 1. The molecule has 1 N–H and O–H groups in total. The summed E-state index contributed by atoms with van der Waals surface area (Å²) in [5.41, 5.74) is 1.12. The maximum atomic E-state index is 11.7. The third-order valence-corrected chi connectivity index (χ3v) is 5.14. The zero-order chi connectivity index (χ0) is 15.2. The summed E-state index contributed by atoms with van der Waals surface area (Å²) in [6.45, 7) is 3.26. The maximum Gasteiger partial charge on any atom is 0.224 e. The van der Waals surface area contributed by atoms with Crippen molar-refractivity contribution in [1.82, 2.24) is 0 Å². The normalized spacial score (nSPS) is 11.1. The van der Waals surface area contributed by atoms with Crippen molar-refractivity contribution < 1.29 is 13.2 Å². The van der Waals surface area contributed by atoms with Crippen molar-refractivity contribution >= 4 is 21.4 Å². The molecule has 0 saturated heterocycles. The quantitative estimate of drug-likeness (QED) is 0.870. The summed E-state index contributed by atoms with van der Waals surface area (Å²) in [6, 6.07) is 8.49. The fourth-order valence-corrected chi connectivity index (χ4v) is 2.54. The molecule has 20 heavy (non-hydrogen) atoms. The van der Waals surface area contributed by atoms with Crippen LogP contribution in [0.4, 0.5) is 5.69 Å². The molecule has 6 heteroatoms. The van der Waals surface area contributed by atoms with E-state index in [0.717, 1.165) is 0 Å². The molecule has 0 unspecified atom stereocenters. The van der Waals surface area contributed by atoms with Gasteiger partial charge in [-0.05, 0) is 44.5 Å². The highest BCUT2D eigenvalue weighted by Crippen LogP contribution is 2.10. The summed E-state index contributed by atoms with van der Waals surface area (Å²) in [5.74, 6) is -0.209. The number of carbonyl (C=O) groups is 1. The molecule has 0 atom stereocenters. The van der Waals surface area contributed by atoms with Gasteiger partial charge in [0, 0.05) is 12.1 Å². The minimum absolute atomic E-state index is 0.0193. The highest BCUT2D eigenvalue weighted by molar-refractivity contribution is 7.91. The second-order valence-electron chi connectivity index (χ2n) is 4.76. The monoisotopic (exact) mass is 294 g/mol. The van der Waals surface area contributed by atoms with Gasteiger partial charge in [-0.2, -0.15) is 5.26 Å². The molecule has 0 bridgehead atoms. The molecule has 1 aromatic rings. The molecule has 0 aliphatic heterocycles. The number of amides is 1. The lowest BCUT2D eigenvalue weighted by Gasteiger charge is -2.08. The molecular formula is C14H18N2O3S. The lowest BCUT2D eigenvalue weighted by molar-refractivity contribution is -0.116. The van der Waals surface area contributed by atoms with Crippen LogP contribution in [0, 0.1) is 11.3 Å². The van der Waals surface area contributed by atoms with Gasteiger partial charge in [-0.1, -0.05) is 0 Å². The number of carbonyl (C=O) groups excluding carboxylic acids is 1. The van der Waals surface area contributed by atoms with Gasteiger partial charge >= 0.3 is 0 Å². The van der Waals surface area contributed by atoms with Gasteiger partial charge in [-0.15, -0.1) is 0 Å². The van der Waals surface area contributed by atoms with E-state index in [4.69, 9.17) is 5.26 Å².